The number of imidazole rings is 1. The number of piperidine rings is 1. The van der Waals surface area contributed by atoms with E-state index < -0.39 is 11.8 Å². The summed E-state index contributed by atoms with van der Waals surface area (Å²) in [7, 11) is 0. The van der Waals surface area contributed by atoms with E-state index in [-0.39, 0.29) is 24.2 Å². The average Bonchev–Trinajstić information content (AvgIpc) is 3.59. The number of aryl methyl sites for hydroxylation is 1. The fraction of sp³-hybridized carbons (Fsp3) is 0.343. The molecule has 2 aromatic carbocycles. The van der Waals surface area contributed by atoms with Crippen molar-refractivity contribution in [3.63, 3.8) is 0 Å². The molecule has 5 heterocycles. The fourth-order valence-electron chi connectivity index (χ4n) is 6.49. The monoisotopic (exact) mass is 656 g/mol. The molecular formula is C35H34ClFN6O4. The van der Waals surface area contributed by atoms with Crippen LogP contribution in [0.15, 0.2) is 60.8 Å². The first-order chi connectivity index (χ1) is 22.7. The molecule has 0 spiro atoms. The minimum absolute atomic E-state index is 0.0215. The first-order valence-corrected chi connectivity index (χ1v) is 16.2. The number of fused-ring (bicyclic) bond motifs is 1. The molecule has 2 fully saturated rings. The number of pyridine rings is 1. The van der Waals surface area contributed by atoms with Crippen LogP contribution in [-0.2, 0) is 24.2 Å². The molecule has 242 valence electrons. The van der Waals surface area contributed by atoms with Crippen LogP contribution in [0.3, 0.4) is 0 Å². The lowest BCUT2D eigenvalue weighted by molar-refractivity contribution is -0.0585. The van der Waals surface area contributed by atoms with E-state index in [0.717, 1.165) is 48.2 Å². The van der Waals surface area contributed by atoms with Gasteiger partial charge in [-0.2, -0.15) is 5.10 Å². The summed E-state index contributed by atoms with van der Waals surface area (Å²) in [6, 6.07) is 15.9. The van der Waals surface area contributed by atoms with Gasteiger partial charge in [-0.05, 0) is 68.4 Å². The summed E-state index contributed by atoms with van der Waals surface area (Å²) in [5.74, 6) is -0.495. The predicted octanol–water partition coefficient (Wildman–Crippen LogP) is 6.03. The summed E-state index contributed by atoms with van der Waals surface area (Å²) in [5.41, 5.74) is 4.87. The Morgan fingerprint density at radius 3 is 2.55 bits per heavy atom. The Kier molecular flexibility index (Phi) is 8.50. The van der Waals surface area contributed by atoms with Crippen molar-refractivity contribution in [1.82, 2.24) is 29.2 Å². The van der Waals surface area contributed by atoms with E-state index in [0.29, 0.717) is 59.6 Å². The number of rotatable bonds is 9. The van der Waals surface area contributed by atoms with Gasteiger partial charge in [0.1, 0.15) is 17.2 Å². The quantitative estimate of drug-likeness (QED) is 0.206. The number of hydrogen-bond donors (Lipinski definition) is 1. The molecule has 0 unspecified atom stereocenters. The van der Waals surface area contributed by atoms with Gasteiger partial charge in [0.25, 0.3) is 5.91 Å². The molecule has 3 aromatic heterocycles. The maximum atomic E-state index is 14.4. The smallest absolute Gasteiger partial charge is 0.354 e. The molecule has 1 atom stereocenters. The van der Waals surface area contributed by atoms with E-state index in [1.807, 2.05) is 28.5 Å². The van der Waals surface area contributed by atoms with Crippen molar-refractivity contribution in [3.05, 3.63) is 99.7 Å². The van der Waals surface area contributed by atoms with Crippen LogP contribution in [0, 0.1) is 18.7 Å². The molecule has 5 aromatic rings. The highest BCUT2D eigenvalue weighted by Gasteiger charge is 2.29. The highest BCUT2D eigenvalue weighted by Crippen LogP contribution is 2.32. The Bertz CT molecular complexity index is 1980. The number of benzene rings is 2. The number of carboxylic acid groups (broad SMARTS) is 1. The number of halogens is 2. The minimum Gasteiger partial charge on any atom is -0.477 e. The molecule has 12 heteroatoms. The largest absolute Gasteiger partial charge is 0.477 e. The number of carbonyl (C=O) groups excluding carboxylic acids is 1. The SMILES string of the molecule is Cc1cn(Cc2ccc(Cl)cc2F)nc1C(=O)N1CCC(Cc2ccccc2-c2nc3ccc(C(=O)O)nc3n2C[C@@H]2CCO2)CC1. The van der Waals surface area contributed by atoms with Gasteiger partial charge in [0.15, 0.2) is 17.0 Å². The zero-order valence-electron chi connectivity index (χ0n) is 25.9. The molecular weight excluding hydrogens is 623 g/mol. The number of nitrogens with zero attached hydrogens (tertiary/aromatic N) is 6. The van der Waals surface area contributed by atoms with E-state index in [1.54, 1.807) is 29.1 Å². The Hall–Kier alpha value is -4.61. The van der Waals surface area contributed by atoms with Gasteiger partial charge in [0.2, 0.25) is 0 Å². The van der Waals surface area contributed by atoms with Crippen molar-refractivity contribution in [1.29, 1.82) is 0 Å². The standard InChI is InChI=1S/C35H34ClFN6O4/c1-21-18-42(19-24-6-7-25(36)17-28(24)37)40-31(21)34(44)41-13-10-22(11-14-41)16-23-4-2-3-5-27(23)32-38-29-8-9-30(35(45)46)39-33(29)43(32)20-26-12-15-47-26/h2-9,17-18,22,26H,10-16,19-20H2,1H3,(H,45,46)/t26-/m0/s1. The van der Waals surface area contributed by atoms with Gasteiger partial charge in [0.05, 0.1) is 19.2 Å². The number of ether oxygens (including phenoxy) is 1. The summed E-state index contributed by atoms with van der Waals surface area (Å²) in [4.78, 5) is 36.4. The maximum Gasteiger partial charge on any atom is 0.354 e. The number of amides is 1. The number of carboxylic acids is 1. The number of aromatic nitrogens is 5. The maximum absolute atomic E-state index is 14.4. The van der Waals surface area contributed by atoms with Crippen molar-refractivity contribution >= 4 is 34.6 Å². The first kappa shape index (κ1) is 31.0. The van der Waals surface area contributed by atoms with E-state index in [9.17, 15) is 19.1 Å². The molecule has 0 radical (unpaired) electrons. The van der Waals surface area contributed by atoms with Gasteiger partial charge >= 0.3 is 5.97 Å². The van der Waals surface area contributed by atoms with Crippen molar-refractivity contribution in [2.45, 2.75) is 51.8 Å². The fourth-order valence-corrected chi connectivity index (χ4v) is 6.65. The van der Waals surface area contributed by atoms with Gasteiger partial charge in [-0.3, -0.25) is 9.48 Å². The number of likely N-dealkylation sites (tertiary alicyclic amines) is 1. The third-order valence-corrected chi connectivity index (χ3v) is 9.39. The second-order valence-electron chi connectivity index (χ2n) is 12.4. The number of hydrogen-bond acceptors (Lipinski definition) is 6. The Labute approximate surface area is 275 Å². The minimum atomic E-state index is -1.08. The lowest BCUT2D eigenvalue weighted by Gasteiger charge is -2.32. The average molecular weight is 657 g/mol. The van der Waals surface area contributed by atoms with Crippen molar-refractivity contribution in [2.24, 2.45) is 5.92 Å². The normalized spacial score (nSPS) is 16.8. The van der Waals surface area contributed by atoms with E-state index in [1.165, 1.54) is 12.1 Å². The van der Waals surface area contributed by atoms with Crippen LogP contribution in [0.1, 0.15) is 56.9 Å². The predicted molar refractivity (Wildman–Crippen MR) is 174 cm³/mol. The zero-order chi connectivity index (χ0) is 32.7. The van der Waals surface area contributed by atoms with Crippen LogP contribution in [0.5, 0.6) is 0 Å². The number of carbonyl (C=O) groups is 2. The molecule has 47 heavy (non-hydrogen) atoms. The molecule has 2 saturated heterocycles. The summed E-state index contributed by atoms with van der Waals surface area (Å²) in [6.07, 6.45) is 5.22. The van der Waals surface area contributed by atoms with Gasteiger partial charge in [0, 0.05) is 47.6 Å². The summed E-state index contributed by atoms with van der Waals surface area (Å²) in [5, 5.41) is 14.4. The van der Waals surface area contributed by atoms with Crippen molar-refractivity contribution in [2.75, 3.05) is 19.7 Å². The van der Waals surface area contributed by atoms with Crippen molar-refractivity contribution < 1.29 is 23.8 Å². The molecule has 1 N–H and O–H groups in total. The second kappa shape index (κ2) is 12.9. The van der Waals surface area contributed by atoms with Crippen LogP contribution in [0.25, 0.3) is 22.6 Å². The molecule has 10 nitrogen and oxygen atoms in total. The lowest BCUT2D eigenvalue weighted by atomic mass is 9.88. The van der Waals surface area contributed by atoms with E-state index >= 15 is 0 Å². The van der Waals surface area contributed by atoms with Gasteiger partial charge in [-0.1, -0.05) is 41.9 Å². The Morgan fingerprint density at radius 2 is 1.83 bits per heavy atom. The van der Waals surface area contributed by atoms with Gasteiger partial charge < -0.3 is 19.3 Å². The number of aromatic carboxylic acids is 1. The van der Waals surface area contributed by atoms with E-state index in [4.69, 9.17) is 21.3 Å². The Morgan fingerprint density at radius 1 is 1.04 bits per heavy atom. The summed E-state index contributed by atoms with van der Waals surface area (Å²) >= 11 is 5.89. The molecule has 0 bridgehead atoms. The Balaban J connectivity index is 1.06. The lowest BCUT2D eigenvalue weighted by Crippen LogP contribution is -2.39. The molecule has 2 aliphatic heterocycles. The topological polar surface area (TPSA) is 115 Å². The summed E-state index contributed by atoms with van der Waals surface area (Å²) in [6.45, 7) is 4.54. The van der Waals surface area contributed by atoms with Crippen molar-refractivity contribution in [3.8, 4) is 11.4 Å². The first-order valence-electron chi connectivity index (χ1n) is 15.8. The van der Waals surface area contributed by atoms with E-state index in [2.05, 4.69) is 22.2 Å². The van der Waals surface area contributed by atoms with Crippen LogP contribution in [-0.4, -0.2) is 72.0 Å². The molecule has 2 aliphatic rings. The molecule has 0 saturated carbocycles. The van der Waals surface area contributed by atoms with Crippen LogP contribution in [0.2, 0.25) is 5.02 Å². The molecule has 7 rings (SSSR count). The second-order valence-corrected chi connectivity index (χ2v) is 12.8. The highest BCUT2D eigenvalue weighted by atomic mass is 35.5. The highest BCUT2D eigenvalue weighted by molar-refractivity contribution is 6.30. The summed E-state index contributed by atoms with van der Waals surface area (Å²) < 4.78 is 23.7. The van der Waals surface area contributed by atoms with Crippen LogP contribution >= 0.6 is 11.6 Å². The van der Waals surface area contributed by atoms with Crippen LogP contribution in [0.4, 0.5) is 4.39 Å². The zero-order valence-corrected chi connectivity index (χ0v) is 26.7. The third-order valence-electron chi connectivity index (χ3n) is 9.15. The van der Waals surface area contributed by atoms with Gasteiger partial charge in [-0.15, -0.1) is 0 Å². The van der Waals surface area contributed by atoms with Crippen LogP contribution < -0.4 is 0 Å². The third kappa shape index (κ3) is 6.37. The van der Waals surface area contributed by atoms with Gasteiger partial charge in [-0.25, -0.2) is 19.2 Å². The molecule has 1 amide bonds. The molecule has 0 aliphatic carbocycles.